The lowest BCUT2D eigenvalue weighted by Crippen LogP contribution is -2.65. The van der Waals surface area contributed by atoms with Crippen LogP contribution in [0.15, 0.2) is 0 Å². The number of esters is 1. The summed E-state index contributed by atoms with van der Waals surface area (Å²) in [6.07, 6.45) is 6.40. The summed E-state index contributed by atoms with van der Waals surface area (Å²) in [5.41, 5.74) is 0. The first-order valence-electron chi connectivity index (χ1n) is 8.82. The molecular weight excluding hydrogens is 280 g/mol. The number of nitrogens with zero attached hydrogens (tertiary/aromatic N) is 2. The summed E-state index contributed by atoms with van der Waals surface area (Å²) in [5.74, 6) is 1.46. The van der Waals surface area contributed by atoms with Crippen LogP contribution in [0.3, 0.4) is 0 Å². The zero-order chi connectivity index (χ0) is 15.3. The van der Waals surface area contributed by atoms with Gasteiger partial charge < -0.3 is 9.64 Å². The smallest absolute Gasteiger partial charge is 0.302 e. The molecule has 4 fully saturated rings. The van der Waals surface area contributed by atoms with Crippen molar-refractivity contribution in [3.63, 3.8) is 0 Å². The van der Waals surface area contributed by atoms with Crippen molar-refractivity contribution in [3.8, 4) is 0 Å². The molecule has 4 heterocycles. The number of piperidine rings is 4. The fourth-order valence-electron chi connectivity index (χ4n) is 5.43. The number of carbonyl (C=O) groups is 2. The Hall–Kier alpha value is -1.10. The first-order valence-corrected chi connectivity index (χ1v) is 8.82. The number of hydrogen-bond donors (Lipinski definition) is 0. The highest BCUT2D eigenvalue weighted by atomic mass is 16.5. The summed E-state index contributed by atoms with van der Waals surface area (Å²) in [5, 5.41) is 0. The molecule has 0 radical (unpaired) electrons. The summed E-state index contributed by atoms with van der Waals surface area (Å²) in [4.78, 5) is 28.2. The molecule has 0 aromatic heterocycles. The molecule has 122 valence electrons. The van der Waals surface area contributed by atoms with E-state index >= 15 is 0 Å². The van der Waals surface area contributed by atoms with Crippen molar-refractivity contribution in [1.82, 2.24) is 9.80 Å². The molecule has 0 N–H and O–H groups in total. The number of amides is 1. The quantitative estimate of drug-likeness (QED) is 0.687. The Labute approximate surface area is 132 Å². The lowest BCUT2D eigenvalue weighted by Gasteiger charge is -2.57. The maximum atomic E-state index is 12.2. The lowest BCUT2D eigenvalue weighted by molar-refractivity contribution is -0.159. The van der Waals surface area contributed by atoms with E-state index in [1.54, 1.807) is 0 Å². The molecule has 4 rings (SSSR count). The first kappa shape index (κ1) is 14.5. The van der Waals surface area contributed by atoms with E-state index in [0.29, 0.717) is 29.8 Å². The molecule has 2 bridgehead atoms. The SMILES string of the molecule is CC(=O)O[C@H]1CCC2C3CC(CN2C1)C1CCCC(=O)N1C3. The highest BCUT2D eigenvalue weighted by Gasteiger charge is 2.49. The molecule has 22 heavy (non-hydrogen) atoms. The van der Waals surface area contributed by atoms with Gasteiger partial charge in [0.05, 0.1) is 0 Å². The van der Waals surface area contributed by atoms with Gasteiger partial charge in [-0.05, 0) is 43.9 Å². The van der Waals surface area contributed by atoms with Crippen molar-refractivity contribution in [1.29, 1.82) is 0 Å². The second kappa shape index (κ2) is 5.52. The van der Waals surface area contributed by atoms with Crippen molar-refractivity contribution in [2.45, 2.75) is 63.6 Å². The summed E-state index contributed by atoms with van der Waals surface area (Å²) in [7, 11) is 0. The van der Waals surface area contributed by atoms with Gasteiger partial charge in [-0.15, -0.1) is 0 Å². The zero-order valence-corrected chi connectivity index (χ0v) is 13.4. The van der Waals surface area contributed by atoms with E-state index < -0.39 is 0 Å². The molecule has 0 saturated carbocycles. The third kappa shape index (κ3) is 2.43. The van der Waals surface area contributed by atoms with E-state index in [2.05, 4.69) is 9.80 Å². The Balaban J connectivity index is 1.49. The Morgan fingerprint density at radius 1 is 1.09 bits per heavy atom. The minimum Gasteiger partial charge on any atom is -0.461 e. The second-order valence-corrected chi connectivity index (χ2v) is 7.59. The molecule has 0 aromatic rings. The molecule has 0 spiro atoms. The molecule has 1 amide bonds. The molecule has 4 aliphatic rings. The number of fused-ring (bicyclic) bond motifs is 6. The molecule has 4 aliphatic heterocycles. The topological polar surface area (TPSA) is 49.9 Å². The zero-order valence-electron chi connectivity index (χ0n) is 13.4. The molecule has 5 nitrogen and oxygen atoms in total. The van der Waals surface area contributed by atoms with Gasteiger partial charge >= 0.3 is 5.97 Å². The van der Waals surface area contributed by atoms with Crippen LogP contribution in [-0.4, -0.2) is 59.5 Å². The van der Waals surface area contributed by atoms with Crippen LogP contribution in [0.5, 0.6) is 0 Å². The average molecular weight is 306 g/mol. The van der Waals surface area contributed by atoms with Gasteiger partial charge in [0.15, 0.2) is 0 Å². The van der Waals surface area contributed by atoms with E-state index in [-0.39, 0.29) is 12.1 Å². The van der Waals surface area contributed by atoms with E-state index in [1.165, 1.54) is 19.8 Å². The van der Waals surface area contributed by atoms with Gasteiger partial charge in [-0.25, -0.2) is 0 Å². The summed E-state index contributed by atoms with van der Waals surface area (Å²) in [6, 6.07) is 1.05. The minimum absolute atomic E-state index is 0.0664. The van der Waals surface area contributed by atoms with Gasteiger partial charge in [-0.3, -0.25) is 14.5 Å². The van der Waals surface area contributed by atoms with Gasteiger partial charge in [0.25, 0.3) is 0 Å². The molecule has 4 unspecified atom stereocenters. The standard InChI is InChI=1S/C17H26N2O3/c1-11(20)22-14-5-6-15-13-7-12(8-18(15)10-14)16-3-2-4-17(21)19(16)9-13/h12-16H,2-10H2,1H3/t12?,13?,14-,15?,16?/m0/s1. The first-order chi connectivity index (χ1) is 10.6. The van der Waals surface area contributed by atoms with Gasteiger partial charge in [0.1, 0.15) is 6.10 Å². The van der Waals surface area contributed by atoms with Crippen LogP contribution in [0.4, 0.5) is 0 Å². The Kier molecular flexibility index (Phi) is 3.63. The molecule has 5 heteroatoms. The fraction of sp³-hybridized carbons (Fsp3) is 0.882. The predicted octanol–water partition coefficient (Wildman–Crippen LogP) is 1.41. The molecule has 0 aromatic carbocycles. The van der Waals surface area contributed by atoms with Crippen molar-refractivity contribution < 1.29 is 14.3 Å². The van der Waals surface area contributed by atoms with Crippen LogP contribution in [0, 0.1) is 11.8 Å². The lowest BCUT2D eigenvalue weighted by atomic mass is 9.70. The van der Waals surface area contributed by atoms with E-state index in [4.69, 9.17) is 4.74 Å². The van der Waals surface area contributed by atoms with Crippen molar-refractivity contribution in [2.24, 2.45) is 11.8 Å². The number of carbonyl (C=O) groups excluding carboxylic acids is 2. The van der Waals surface area contributed by atoms with Crippen LogP contribution in [0.25, 0.3) is 0 Å². The molecule has 5 atom stereocenters. The largest absolute Gasteiger partial charge is 0.461 e. The van der Waals surface area contributed by atoms with E-state index in [9.17, 15) is 9.59 Å². The third-order valence-corrected chi connectivity index (χ3v) is 6.23. The molecule has 4 saturated heterocycles. The highest BCUT2D eigenvalue weighted by molar-refractivity contribution is 5.77. The maximum absolute atomic E-state index is 12.2. The normalized spacial score (nSPS) is 41.6. The molecular formula is C17H26N2O3. The van der Waals surface area contributed by atoms with E-state index in [0.717, 1.165) is 45.3 Å². The van der Waals surface area contributed by atoms with Crippen LogP contribution in [-0.2, 0) is 14.3 Å². The number of ether oxygens (including phenoxy) is 1. The minimum atomic E-state index is -0.162. The van der Waals surface area contributed by atoms with Crippen molar-refractivity contribution in [3.05, 3.63) is 0 Å². The maximum Gasteiger partial charge on any atom is 0.302 e. The van der Waals surface area contributed by atoms with Crippen LogP contribution < -0.4 is 0 Å². The average Bonchev–Trinajstić information content (AvgIpc) is 2.48. The number of hydrogen-bond acceptors (Lipinski definition) is 4. The Morgan fingerprint density at radius 3 is 2.73 bits per heavy atom. The summed E-state index contributed by atoms with van der Waals surface area (Å²) >= 11 is 0. The highest BCUT2D eigenvalue weighted by Crippen LogP contribution is 2.43. The predicted molar refractivity (Wildman–Crippen MR) is 81.1 cm³/mol. The van der Waals surface area contributed by atoms with Crippen LogP contribution in [0.1, 0.15) is 45.4 Å². The Morgan fingerprint density at radius 2 is 1.91 bits per heavy atom. The molecule has 0 aliphatic carbocycles. The summed E-state index contributed by atoms with van der Waals surface area (Å²) < 4.78 is 5.44. The van der Waals surface area contributed by atoms with Crippen LogP contribution in [0.2, 0.25) is 0 Å². The van der Waals surface area contributed by atoms with E-state index in [1.807, 2.05) is 0 Å². The van der Waals surface area contributed by atoms with Gasteiger partial charge in [-0.2, -0.15) is 0 Å². The van der Waals surface area contributed by atoms with Gasteiger partial charge in [0, 0.05) is 45.1 Å². The number of rotatable bonds is 1. The third-order valence-electron chi connectivity index (χ3n) is 6.23. The monoisotopic (exact) mass is 306 g/mol. The van der Waals surface area contributed by atoms with Crippen LogP contribution >= 0.6 is 0 Å². The Bertz CT molecular complexity index is 481. The summed E-state index contributed by atoms with van der Waals surface area (Å²) in [6.45, 7) is 4.42. The fourth-order valence-corrected chi connectivity index (χ4v) is 5.43. The van der Waals surface area contributed by atoms with Gasteiger partial charge in [0.2, 0.25) is 5.91 Å². The van der Waals surface area contributed by atoms with Crippen molar-refractivity contribution >= 4 is 11.9 Å². The van der Waals surface area contributed by atoms with Crippen molar-refractivity contribution in [2.75, 3.05) is 19.6 Å². The second-order valence-electron chi connectivity index (χ2n) is 7.59. The van der Waals surface area contributed by atoms with Gasteiger partial charge in [-0.1, -0.05) is 0 Å².